The van der Waals surface area contributed by atoms with E-state index in [0.29, 0.717) is 17.2 Å². The number of carbonyl (C=O) groups is 2. The number of thioether (sulfide) groups is 1. The fraction of sp³-hybridized carbons (Fsp3) is 0.286. The molecule has 2 amide bonds. The van der Waals surface area contributed by atoms with Gasteiger partial charge in [0.25, 0.3) is 11.1 Å². The number of benzene rings is 1. The summed E-state index contributed by atoms with van der Waals surface area (Å²) in [5, 5.41) is -0.221. The molecule has 4 nitrogen and oxygen atoms in total. The summed E-state index contributed by atoms with van der Waals surface area (Å²) in [5.41, 5.74) is 0.737. The molecular weight excluding hydrogens is 422 g/mol. The predicted octanol–water partition coefficient (Wildman–Crippen LogP) is 4.67. The maximum Gasteiger partial charge on any atom is 0.293 e. The summed E-state index contributed by atoms with van der Waals surface area (Å²) in [5.74, 6) is 0.380. The van der Waals surface area contributed by atoms with Crippen LogP contribution in [0.5, 0.6) is 5.75 Å². The van der Waals surface area contributed by atoms with Crippen molar-refractivity contribution in [1.82, 2.24) is 4.90 Å². The Balaban J connectivity index is 2.41. The number of carbonyl (C=O) groups excluding carboxylic acids is 2. The van der Waals surface area contributed by atoms with Crippen molar-refractivity contribution in [3.05, 3.63) is 31.5 Å². The van der Waals surface area contributed by atoms with Crippen LogP contribution in [0.3, 0.4) is 0 Å². The zero-order chi connectivity index (χ0) is 15.6. The molecule has 1 aromatic carbocycles. The molecule has 0 atom stereocenters. The van der Waals surface area contributed by atoms with Crippen LogP contribution in [0.25, 0.3) is 6.08 Å². The summed E-state index contributed by atoms with van der Waals surface area (Å²) in [6, 6.07) is 3.70. The van der Waals surface area contributed by atoms with Gasteiger partial charge in [-0.05, 0) is 52.3 Å². The van der Waals surface area contributed by atoms with E-state index in [4.69, 9.17) is 4.74 Å². The van der Waals surface area contributed by atoms with Crippen LogP contribution in [-0.4, -0.2) is 29.7 Å². The maximum atomic E-state index is 12.2. The monoisotopic (exact) mass is 433 g/mol. The minimum Gasteiger partial charge on any atom is -0.495 e. The van der Waals surface area contributed by atoms with Gasteiger partial charge in [-0.25, -0.2) is 0 Å². The third kappa shape index (κ3) is 3.52. The second kappa shape index (κ2) is 6.98. The standard InChI is InChI=1S/C14H13Br2NO3S/c1-3-4-17-13(18)11(21-14(17)19)6-8-5-9(15)7-10(16)12(8)20-2/h5-7H,3-4H2,1-2H3. The largest absolute Gasteiger partial charge is 0.495 e. The topological polar surface area (TPSA) is 46.6 Å². The molecule has 1 aliphatic rings. The van der Waals surface area contributed by atoms with Crippen molar-refractivity contribution in [2.75, 3.05) is 13.7 Å². The lowest BCUT2D eigenvalue weighted by Gasteiger charge is -2.10. The maximum absolute atomic E-state index is 12.2. The summed E-state index contributed by atoms with van der Waals surface area (Å²) in [6.45, 7) is 2.38. The van der Waals surface area contributed by atoms with E-state index in [1.807, 2.05) is 19.1 Å². The molecule has 1 heterocycles. The highest BCUT2D eigenvalue weighted by molar-refractivity contribution is 9.11. The molecule has 1 aliphatic heterocycles. The second-order valence-corrected chi connectivity index (χ2v) is 7.11. The van der Waals surface area contributed by atoms with Gasteiger partial charge in [-0.1, -0.05) is 22.9 Å². The molecule has 1 fully saturated rings. The highest BCUT2D eigenvalue weighted by Crippen LogP contribution is 2.38. The van der Waals surface area contributed by atoms with Gasteiger partial charge in [0, 0.05) is 16.6 Å². The smallest absolute Gasteiger partial charge is 0.293 e. The van der Waals surface area contributed by atoms with E-state index in [-0.39, 0.29) is 11.1 Å². The molecule has 0 bridgehead atoms. The van der Waals surface area contributed by atoms with Crippen LogP contribution in [0, 0.1) is 0 Å². The third-order valence-corrected chi connectivity index (χ3v) is 4.80. The van der Waals surface area contributed by atoms with Gasteiger partial charge in [-0.15, -0.1) is 0 Å². The Bertz CT molecular complexity index is 631. The molecule has 21 heavy (non-hydrogen) atoms. The highest BCUT2D eigenvalue weighted by Gasteiger charge is 2.34. The summed E-state index contributed by atoms with van der Waals surface area (Å²) in [4.78, 5) is 25.8. The molecule has 0 N–H and O–H groups in total. The van der Waals surface area contributed by atoms with Gasteiger partial charge in [-0.3, -0.25) is 14.5 Å². The molecule has 2 rings (SSSR count). The van der Waals surface area contributed by atoms with Gasteiger partial charge < -0.3 is 4.74 Å². The minimum absolute atomic E-state index is 0.221. The van der Waals surface area contributed by atoms with Crippen LogP contribution in [0.15, 0.2) is 26.0 Å². The van der Waals surface area contributed by atoms with E-state index < -0.39 is 0 Å². The van der Waals surface area contributed by atoms with Crippen molar-refractivity contribution in [3.8, 4) is 5.75 Å². The van der Waals surface area contributed by atoms with Crippen molar-refractivity contribution in [2.24, 2.45) is 0 Å². The molecule has 7 heteroatoms. The summed E-state index contributed by atoms with van der Waals surface area (Å²) in [7, 11) is 1.56. The van der Waals surface area contributed by atoms with Crippen LogP contribution < -0.4 is 4.74 Å². The SMILES string of the molecule is CCCN1C(=O)SC(=Cc2cc(Br)cc(Br)c2OC)C1=O. The lowest BCUT2D eigenvalue weighted by atomic mass is 10.2. The molecule has 1 aromatic rings. The minimum atomic E-state index is -0.245. The van der Waals surface area contributed by atoms with Gasteiger partial charge >= 0.3 is 0 Å². The number of amides is 2. The zero-order valence-electron chi connectivity index (χ0n) is 11.5. The third-order valence-electron chi connectivity index (χ3n) is 2.85. The quantitative estimate of drug-likeness (QED) is 0.646. The molecule has 0 radical (unpaired) electrons. The Morgan fingerprint density at radius 3 is 2.67 bits per heavy atom. The number of rotatable bonds is 4. The fourth-order valence-electron chi connectivity index (χ4n) is 1.96. The molecule has 0 aliphatic carbocycles. The predicted molar refractivity (Wildman–Crippen MR) is 91.4 cm³/mol. The molecule has 0 aromatic heterocycles. The first-order chi connectivity index (χ1) is 9.97. The molecule has 0 saturated carbocycles. The number of imide groups is 1. The van der Waals surface area contributed by atoms with Crippen LogP contribution in [-0.2, 0) is 4.79 Å². The molecule has 0 unspecified atom stereocenters. The van der Waals surface area contributed by atoms with Gasteiger partial charge in [-0.2, -0.15) is 0 Å². The first-order valence-corrected chi connectivity index (χ1v) is 8.66. The Morgan fingerprint density at radius 2 is 2.05 bits per heavy atom. The van der Waals surface area contributed by atoms with Crippen molar-refractivity contribution in [3.63, 3.8) is 0 Å². The average Bonchev–Trinajstić information content (AvgIpc) is 2.66. The van der Waals surface area contributed by atoms with E-state index in [0.717, 1.165) is 32.7 Å². The lowest BCUT2D eigenvalue weighted by Crippen LogP contribution is -2.28. The van der Waals surface area contributed by atoms with Crippen LogP contribution in [0.4, 0.5) is 4.79 Å². The Labute approximate surface area is 144 Å². The van der Waals surface area contributed by atoms with Crippen molar-refractivity contribution in [2.45, 2.75) is 13.3 Å². The molecular formula is C14H13Br2NO3S. The summed E-state index contributed by atoms with van der Waals surface area (Å²) >= 11 is 7.78. The van der Waals surface area contributed by atoms with Crippen LogP contribution in [0.1, 0.15) is 18.9 Å². The molecule has 1 saturated heterocycles. The highest BCUT2D eigenvalue weighted by atomic mass is 79.9. The van der Waals surface area contributed by atoms with Gasteiger partial charge in [0.15, 0.2) is 0 Å². The van der Waals surface area contributed by atoms with E-state index in [1.165, 1.54) is 4.90 Å². The van der Waals surface area contributed by atoms with Crippen LogP contribution in [0.2, 0.25) is 0 Å². The van der Waals surface area contributed by atoms with Crippen molar-refractivity contribution in [1.29, 1.82) is 0 Å². The van der Waals surface area contributed by atoms with E-state index in [2.05, 4.69) is 31.9 Å². The molecule has 0 spiro atoms. The first-order valence-electron chi connectivity index (χ1n) is 6.26. The number of hydrogen-bond acceptors (Lipinski definition) is 4. The number of hydrogen-bond donors (Lipinski definition) is 0. The number of methoxy groups -OCH3 is 1. The van der Waals surface area contributed by atoms with Crippen molar-refractivity contribution >= 4 is 60.8 Å². The first kappa shape index (κ1) is 16.6. The van der Waals surface area contributed by atoms with Gasteiger partial charge in [0.2, 0.25) is 0 Å². The van der Waals surface area contributed by atoms with E-state index in [9.17, 15) is 9.59 Å². The number of nitrogens with zero attached hydrogens (tertiary/aromatic N) is 1. The fourth-order valence-corrected chi connectivity index (χ4v) is 4.24. The second-order valence-electron chi connectivity index (χ2n) is 4.34. The number of ether oxygens (including phenoxy) is 1. The Kier molecular flexibility index (Phi) is 5.51. The van der Waals surface area contributed by atoms with Crippen molar-refractivity contribution < 1.29 is 14.3 Å². The normalized spacial score (nSPS) is 17.0. The summed E-state index contributed by atoms with van der Waals surface area (Å²) in [6.07, 6.45) is 2.44. The van der Waals surface area contributed by atoms with Crippen LogP contribution >= 0.6 is 43.6 Å². The Morgan fingerprint density at radius 1 is 1.33 bits per heavy atom. The lowest BCUT2D eigenvalue weighted by molar-refractivity contribution is -0.122. The average molecular weight is 435 g/mol. The molecule has 112 valence electrons. The number of halogens is 2. The summed E-state index contributed by atoms with van der Waals surface area (Å²) < 4.78 is 6.98. The van der Waals surface area contributed by atoms with Gasteiger partial charge in [0.05, 0.1) is 16.5 Å². The van der Waals surface area contributed by atoms with E-state index >= 15 is 0 Å². The zero-order valence-corrected chi connectivity index (χ0v) is 15.5. The van der Waals surface area contributed by atoms with Gasteiger partial charge in [0.1, 0.15) is 5.75 Å². The van der Waals surface area contributed by atoms with E-state index in [1.54, 1.807) is 13.2 Å². The Hall–Kier alpha value is -0.790.